The van der Waals surface area contributed by atoms with Crippen molar-refractivity contribution in [2.45, 2.75) is 13.0 Å². The van der Waals surface area contributed by atoms with Gasteiger partial charge in [0.15, 0.2) is 0 Å². The SMILES string of the molecule is N#CCC(=O)Nc1ccc(CNC(=O)c2ccccc2O)cc1. The van der Waals surface area contributed by atoms with E-state index < -0.39 is 0 Å². The highest BCUT2D eigenvalue weighted by atomic mass is 16.3. The van der Waals surface area contributed by atoms with Gasteiger partial charge in [-0.2, -0.15) is 5.26 Å². The van der Waals surface area contributed by atoms with Crippen molar-refractivity contribution in [3.05, 3.63) is 59.7 Å². The van der Waals surface area contributed by atoms with Crippen LogP contribution in [0.15, 0.2) is 48.5 Å². The Morgan fingerprint density at radius 3 is 2.43 bits per heavy atom. The predicted molar refractivity (Wildman–Crippen MR) is 84.6 cm³/mol. The van der Waals surface area contributed by atoms with Crippen LogP contribution >= 0.6 is 0 Å². The Kier molecular flexibility index (Phi) is 5.31. The molecule has 0 aromatic heterocycles. The van der Waals surface area contributed by atoms with Crippen molar-refractivity contribution >= 4 is 17.5 Å². The number of nitriles is 1. The molecule has 0 heterocycles. The summed E-state index contributed by atoms with van der Waals surface area (Å²) in [5.41, 5.74) is 1.64. The molecule has 0 unspecified atom stereocenters. The number of para-hydroxylation sites is 1. The van der Waals surface area contributed by atoms with Crippen LogP contribution < -0.4 is 10.6 Å². The smallest absolute Gasteiger partial charge is 0.255 e. The Hall–Kier alpha value is -3.33. The van der Waals surface area contributed by atoms with Crippen LogP contribution in [0.2, 0.25) is 0 Å². The molecule has 23 heavy (non-hydrogen) atoms. The van der Waals surface area contributed by atoms with E-state index in [1.807, 2.05) is 0 Å². The number of carbonyl (C=O) groups excluding carboxylic acids is 2. The number of aromatic hydroxyl groups is 1. The van der Waals surface area contributed by atoms with Crippen LogP contribution in [0.5, 0.6) is 5.75 Å². The Morgan fingerprint density at radius 1 is 1.09 bits per heavy atom. The highest BCUT2D eigenvalue weighted by Gasteiger charge is 2.09. The summed E-state index contributed by atoms with van der Waals surface area (Å²) in [7, 11) is 0. The van der Waals surface area contributed by atoms with Gasteiger partial charge in [0.25, 0.3) is 5.91 Å². The number of carbonyl (C=O) groups is 2. The normalized spacial score (nSPS) is 9.70. The number of amides is 2. The summed E-state index contributed by atoms with van der Waals surface area (Å²) in [6.45, 7) is 0.291. The maximum Gasteiger partial charge on any atom is 0.255 e. The summed E-state index contributed by atoms with van der Waals surface area (Å²) in [5.74, 6) is -0.803. The minimum atomic E-state index is -0.367. The monoisotopic (exact) mass is 309 g/mol. The molecule has 0 aliphatic heterocycles. The van der Waals surface area contributed by atoms with E-state index >= 15 is 0 Å². The van der Waals surface area contributed by atoms with E-state index in [0.29, 0.717) is 12.2 Å². The van der Waals surface area contributed by atoms with Crippen LogP contribution in [0.25, 0.3) is 0 Å². The van der Waals surface area contributed by atoms with Crippen LogP contribution in [0.1, 0.15) is 22.3 Å². The molecule has 2 rings (SSSR count). The molecule has 6 heteroatoms. The number of anilines is 1. The first-order valence-corrected chi connectivity index (χ1v) is 6.92. The van der Waals surface area contributed by atoms with Gasteiger partial charge < -0.3 is 15.7 Å². The third kappa shape index (κ3) is 4.58. The Bertz CT molecular complexity index is 748. The van der Waals surface area contributed by atoms with Crippen LogP contribution in [-0.4, -0.2) is 16.9 Å². The average molecular weight is 309 g/mol. The average Bonchev–Trinajstić information content (AvgIpc) is 2.54. The maximum absolute atomic E-state index is 12.0. The van der Waals surface area contributed by atoms with Crippen LogP contribution in [-0.2, 0) is 11.3 Å². The second-order valence-corrected chi connectivity index (χ2v) is 4.78. The van der Waals surface area contributed by atoms with Crippen molar-refractivity contribution in [2.24, 2.45) is 0 Å². The molecule has 0 bridgehead atoms. The Morgan fingerprint density at radius 2 is 1.78 bits per heavy atom. The van der Waals surface area contributed by atoms with Crippen molar-refractivity contribution in [1.82, 2.24) is 5.32 Å². The molecule has 2 amide bonds. The van der Waals surface area contributed by atoms with Gasteiger partial charge in [-0.15, -0.1) is 0 Å². The third-order valence-corrected chi connectivity index (χ3v) is 3.08. The van der Waals surface area contributed by atoms with Gasteiger partial charge in [0, 0.05) is 12.2 Å². The highest BCUT2D eigenvalue weighted by Crippen LogP contribution is 2.15. The first-order valence-electron chi connectivity index (χ1n) is 6.92. The standard InChI is InChI=1S/C17H15N3O3/c18-10-9-16(22)20-13-7-5-12(6-8-13)11-19-17(23)14-3-1-2-4-15(14)21/h1-8,21H,9,11H2,(H,19,23)(H,20,22). The van der Waals surface area contributed by atoms with Crippen LogP contribution in [0.4, 0.5) is 5.69 Å². The second kappa shape index (κ2) is 7.61. The van der Waals surface area contributed by atoms with E-state index in [4.69, 9.17) is 5.26 Å². The zero-order valence-corrected chi connectivity index (χ0v) is 12.2. The summed E-state index contributed by atoms with van der Waals surface area (Å²) >= 11 is 0. The molecule has 0 atom stereocenters. The van der Waals surface area contributed by atoms with Crippen molar-refractivity contribution in [3.8, 4) is 11.8 Å². The van der Waals surface area contributed by atoms with Gasteiger partial charge in [-0.1, -0.05) is 24.3 Å². The minimum Gasteiger partial charge on any atom is -0.507 e. The molecule has 2 aromatic carbocycles. The molecule has 0 saturated heterocycles. The fraction of sp³-hybridized carbons (Fsp3) is 0.118. The van der Waals surface area contributed by atoms with Crippen molar-refractivity contribution in [1.29, 1.82) is 5.26 Å². The van der Waals surface area contributed by atoms with E-state index in [1.165, 1.54) is 6.07 Å². The number of benzene rings is 2. The lowest BCUT2D eigenvalue weighted by molar-refractivity contribution is -0.115. The zero-order chi connectivity index (χ0) is 16.7. The molecular weight excluding hydrogens is 294 g/mol. The first-order chi connectivity index (χ1) is 11.1. The molecule has 3 N–H and O–H groups in total. The summed E-state index contributed by atoms with van der Waals surface area (Å²) < 4.78 is 0. The van der Waals surface area contributed by atoms with Crippen molar-refractivity contribution < 1.29 is 14.7 Å². The summed E-state index contributed by atoms with van der Waals surface area (Å²) in [4.78, 5) is 23.3. The number of nitrogens with one attached hydrogen (secondary N) is 2. The first kappa shape index (κ1) is 16.0. The molecule has 0 aliphatic rings. The fourth-order valence-electron chi connectivity index (χ4n) is 1.93. The zero-order valence-electron chi connectivity index (χ0n) is 12.2. The maximum atomic E-state index is 12.0. The van der Waals surface area contributed by atoms with E-state index in [-0.39, 0.29) is 29.5 Å². The minimum absolute atomic E-state index is 0.0689. The largest absolute Gasteiger partial charge is 0.507 e. The van der Waals surface area contributed by atoms with E-state index in [2.05, 4.69) is 10.6 Å². The van der Waals surface area contributed by atoms with E-state index in [0.717, 1.165) is 5.56 Å². The molecule has 6 nitrogen and oxygen atoms in total. The van der Waals surface area contributed by atoms with Gasteiger partial charge >= 0.3 is 0 Å². The van der Waals surface area contributed by atoms with E-state index in [9.17, 15) is 14.7 Å². The lowest BCUT2D eigenvalue weighted by Crippen LogP contribution is -2.22. The molecular formula is C17H15N3O3. The lowest BCUT2D eigenvalue weighted by Gasteiger charge is -2.08. The molecule has 0 aliphatic carbocycles. The molecule has 0 radical (unpaired) electrons. The Labute approximate surface area is 133 Å². The van der Waals surface area contributed by atoms with Gasteiger partial charge in [0.05, 0.1) is 11.6 Å². The molecule has 0 fully saturated rings. The number of hydrogen-bond donors (Lipinski definition) is 3. The van der Waals surface area contributed by atoms with Crippen molar-refractivity contribution in [2.75, 3.05) is 5.32 Å². The second-order valence-electron chi connectivity index (χ2n) is 4.78. The summed E-state index contributed by atoms with van der Waals surface area (Å²) in [5, 5.41) is 23.3. The molecule has 0 spiro atoms. The fourth-order valence-corrected chi connectivity index (χ4v) is 1.93. The lowest BCUT2D eigenvalue weighted by atomic mass is 10.1. The molecule has 116 valence electrons. The van der Waals surface area contributed by atoms with Gasteiger partial charge in [0.1, 0.15) is 12.2 Å². The highest BCUT2D eigenvalue weighted by molar-refractivity contribution is 5.96. The van der Waals surface area contributed by atoms with Gasteiger partial charge in [-0.3, -0.25) is 9.59 Å². The quantitative estimate of drug-likeness (QED) is 0.787. The topological polar surface area (TPSA) is 102 Å². The predicted octanol–water partition coefficient (Wildman–Crippen LogP) is 2.17. The number of phenolic OH excluding ortho intramolecular Hbond substituents is 1. The number of nitrogens with zero attached hydrogens (tertiary/aromatic N) is 1. The van der Waals surface area contributed by atoms with Gasteiger partial charge in [-0.05, 0) is 29.8 Å². The third-order valence-electron chi connectivity index (χ3n) is 3.08. The number of phenols is 1. The Balaban J connectivity index is 1.92. The molecule has 2 aromatic rings. The summed E-state index contributed by atoms with van der Waals surface area (Å²) in [6, 6.07) is 15.0. The molecule has 0 saturated carbocycles. The number of rotatable bonds is 5. The van der Waals surface area contributed by atoms with Crippen molar-refractivity contribution in [3.63, 3.8) is 0 Å². The van der Waals surface area contributed by atoms with Gasteiger partial charge in [-0.25, -0.2) is 0 Å². The van der Waals surface area contributed by atoms with Crippen LogP contribution in [0, 0.1) is 11.3 Å². The van der Waals surface area contributed by atoms with E-state index in [1.54, 1.807) is 48.5 Å². The van der Waals surface area contributed by atoms with Gasteiger partial charge in [0.2, 0.25) is 5.91 Å². The summed E-state index contributed by atoms with van der Waals surface area (Å²) in [6.07, 6.45) is -0.196. The van der Waals surface area contributed by atoms with Crippen LogP contribution in [0.3, 0.4) is 0 Å². The number of hydrogen-bond acceptors (Lipinski definition) is 4.